The fourth-order valence-electron chi connectivity index (χ4n) is 2.55. The van der Waals surface area contributed by atoms with Crippen LogP contribution in [0.15, 0.2) is 57.9 Å². The third kappa shape index (κ3) is 3.47. The number of aromatic nitrogens is 3. The lowest BCUT2D eigenvalue weighted by molar-refractivity contribution is 0.532. The molecule has 0 aliphatic carbocycles. The number of nitrogens with zero attached hydrogens (tertiary/aromatic N) is 3. The van der Waals surface area contributed by atoms with E-state index in [2.05, 4.69) is 20.7 Å². The van der Waals surface area contributed by atoms with Gasteiger partial charge in [-0.1, -0.05) is 23.7 Å². The molecule has 136 valence electrons. The van der Waals surface area contributed by atoms with Gasteiger partial charge in [0.2, 0.25) is 5.95 Å². The van der Waals surface area contributed by atoms with Gasteiger partial charge in [-0.15, -0.1) is 0 Å². The minimum Gasteiger partial charge on any atom is -0.406 e. The van der Waals surface area contributed by atoms with E-state index >= 15 is 0 Å². The second-order valence-corrected chi connectivity index (χ2v) is 6.23. The maximum atomic E-state index is 13.5. The maximum absolute atomic E-state index is 13.5. The number of fused-ring (bicyclic) bond motifs is 1. The minimum atomic E-state index is -0.569. The highest BCUT2D eigenvalue weighted by molar-refractivity contribution is 6.30. The molecule has 0 bridgehead atoms. The number of halogens is 2. The van der Waals surface area contributed by atoms with E-state index in [0.29, 0.717) is 28.2 Å². The number of hydrogen-bond donors (Lipinski definition) is 2. The molecule has 2 aromatic heterocycles. The van der Waals surface area contributed by atoms with Crippen molar-refractivity contribution in [2.75, 3.05) is 10.7 Å². The van der Waals surface area contributed by atoms with Crippen LogP contribution in [0.5, 0.6) is 0 Å². The highest BCUT2D eigenvalue weighted by Gasteiger charge is 2.12. The number of hydrogen-bond acceptors (Lipinski definition) is 6. The van der Waals surface area contributed by atoms with Crippen molar-refractivity contribution in [2.45, 2.75) is 6.92 Å². The summed E-state index contributed by atoms with van der Waals surface area (Å²) in [5.74, 6) is -0.443. The average Bonchev–Trinajstić information content (AvgIpc) is 2.92. The summed E-state index contributed by atoms with van der Waals surface area (Å²) in [5.41, 5.74) is 5.07. The van der Waals surface area contributed by atoms with Gasteiger partial charge in [-0.2, -0.15) is 9.66 Å². The first-order chi connectivity index (χ1) is 13.0. The SMILES string of the molecule is Cc1cnc(Nc2cc(F)cc(Cl)c2)nc1Nn1c(=O)oc2ccccc21. The van der Waals surface area contributed by atoms with Crippen LogP contribution in [0.1, 0.15) is 5.56 Å². The molecule has 0 aliphatic heterocycles. The molecule has 0 saturated carbocycles. The number of para-hydroxylation sites is 2. The first-order valence-corrected chi connectivity index (χ1v) is 8.32. The zero-order valence-electron chi connectivity index (χ0n) is 14.0. The molecule has 0 unspecified atom stereocenters. The van der Waals surface area contributed by atoms with Crippen molar-refractivity contribution in [1.82, 2.24) is 14.6 Å². The summed E-state index contributed by atoms with van der Waals surface area (Å²) in [6.45, 7) is 1.79. The first kappa shape index (κ1) is 17.0. The normalized spacial score (nSPS) is 10.9. The molecule has 4 rings (SSSR count). The average molecular weight is 386 g/mol. The zero-order chi connectivity index (χ0) is 19.0. The fourth-order valence-corrected chi connectivity index (χ4v) is 2.77. The maximum Gasteiger partial charge on any atom is 0.439 e. The largest absolute Gasteiger partial charge is 0.439 e. The Morgan fingerprint density at radius 2 is 2.04 bits per heavy atom. The molecule has 0 radical (unpaired) electrons. The lowest BCUT2D eigenvalue weighted by Crippen LogP contribution is -2.23. The molecule has 27 heavy (non-hydrogen) atoms. The highest BCUT2D eigenvalue weighted by atomic mass is 35.5. The predicted molar refractivity (Wildman–Crippen MR) is 101 cm³/mol. The van der Waals surface area contributed by atoms with Gasteiger partial charge >= 0.3 is 5.76 Å². The quantitative estimate of drug-likeness (QED) is 0.550. The molecule has 9 heteroatoms. The molecular weight excluding hydrogens is 373 g/mol. The van der Waals surface area contributed by atoms with Crippen LogP contribution in [0.25, 0.3) is 11.1 Å². The van der Waals surface area contributed by atoms with Crippen LogP contribution >= 0.6 is 11.6 Å². The van der Waals surface area contributed by atoms with Gasteiger partial charge in [0.25, 0.3) is 0 Å². The minimum absolute atomic E-state index is 0.214. The van der Waals surface area contributed by atoms with E-state index in [-0.39, 0.29) is 11.0 Å². The van der Waals surface area contributed by atoms with Crippen LogP contribution in [0.4, 0.5) is 21.8 Å². The van der Waals surface area contributed by atoms with Crippen molar-refractivity contribution >= 4 is 40.2 Å². The van der Waals surface area contributed by atoms with Gasteiger partial charge in [0, 0.05) is 22.5 Å². The molecule has 7 nitrogen and oxygen atoms in total. The second kappa shape index (κ2) is 6.73. The zero-order valence-corrected chi connectivity index (χ0v) is 14.8. The molecule has 0 atom stereocenters. The third-order valence-corrected chi connectivity index (χ3v) is 4.01. The van der Waals surface area contributed by atoms with Gasteiger partial charge in [-0.3, -0.25) is 5.43 Å². The van der Waals surface area contributed by atoms with Gasteiger partial charge in [0.05, 0.1) is 0 Å². The Morgan fingerprint density at radius 3 is 2.85 bits per heavy atom. The van der Waals surface area contributed by atoms with E-state index in [1.807, 2.05) is 0 Å². The van der Waals surface area contributed by atoms with E-state index in [9.17, 15) is 9.18 Å². The topological polar surface area (TPSA) is 85.0 Å². The number of rotatable bonds is 4. The van der Waals surface area contributed by atoms with Gasteiger partial charge < -0.3 is 9.73 Å². The van der Waals surface area contributed by atoms with E-state index < -0.39 is 11.6 Å². The third-order valence-electron chi connectivity index (χ3n) is 3.79. The molecule has 2 N–H and O–H groups in total. The number of oxazole rings is 1. The van der Waals surface area contributed by atoms with Crippen molar-refractivity contribution in [2.24, 2.45) is 0 Å². The number of anilines is 3. The van der Waals surface area contributed by atoms with Crippen LogP contribution in [0, 0.1) is 12.7 Å². The number of benzene rings is 2. The second-order valence-electron chi connectivity index (χ2n) is 5.79. The summed E-state index contributed by atoms with van der Waals surface area (Å²) < 4.78 is 19.9. The lowest BCUT2D eigenvalue weighted by atomic mass is 10.3. The Labute approximate surface area is 157 Å². The predicted octanol–water partition coefficient (Wildman–Crippen LogP) is 4.10. The number of nitrogens with one attached hydrogen (secondary N) is 2. The molecule has 0 spiro atoms. The van der Waals surface area contributed by atoms with E-state index in [4.69, 9.17) is 16.0 Å². The van der Waals surface area contributed by atoms with E-state index in [0.717, 1.165) is 0 Å². The summed E-state index contributed by atoms with van der Waals surface area (Å²) in [4.78, 5) is 20.6. The summed E-state index contributed by atoms with van der Waals surface area (Å²) >= 11 is 5.86. The standard InChI is InChI=1S/C18H13ClFN5O2/c1-10-9-21-17(22-13-7-11(19)6-12(20)8-13)23-16(10)24-25-14-4-2-3-5-15(14)27-18(25)26/h2-9H,1H3,(H2,21,22,23,24). The van der Waals surface area contributed by atoms with E-state index in [1.165, 1.54) is 16.8 Å². The Balaban J connectivity index is 1.68. The Bertz CT molecular complexity index is 1180. The monoisotopic (exact) mass is 385 g/mol. The number of aryl methyl sites for hydroxylation is 1. The van der Waals surface area contributed by atoms with Crippen LogP contribution in [-0.2, 0) is 0 Å². The summed E-state index contributed by atoms with van der Waals surface area (Å²) in [7, 11) is 0. The van der Waals surface area contributed by atoms with Gasteiger partial charge in [-0.05, 0) is 37.3 Å². The van der Waals surface area contributed by atoms with Gasteiger partial charge in [-0.25, -0.2) is 14.2 Å². The van der Waals surface area contributed by atoms with Gasteiger partial charge in [0.15, 0.2) is 11.4 Å². The first-order valence-electron chi connectivity index (χ1n) is 7.94. The lowest BCUT2D eigenvalue weighted by Gasteiger charge is -2.11. The van der Waals surface area contributed by atoms with Crippen LogP contribution < -0.4 is 16.5 Å². The molecule has 4 aromatic rings. The van der Waals surface area contributed by atoms with Crippen molar-refractivity contribution in [1.29, 1.82) is 0 Å². The Morgan fingerprint density at radius 1 is 1.22 bits per heavy atom. The van der Waals surface area contributed by atoms with Crippen LogP contribution in [-0.4, -0.2) is 14.6 Å². The molecular formula is C18H13ClFN5O2. The smallest absolute Gasteiger partial charge is 0.406 e. The van der Waals surface area contributed by atoms with Crippen molar-refractivity contribution < 1.29 is 8.81 Å². The van der Waals surface area contributed by atoms with E-state index in [1.54, 1.807) is 43.5 Å². The van der Waals surface area contributed by atoms with Crippen molar-refractivity contribution in [3.63, 3.8) is 0 Å². The van der Waals surface area contributed by atoms with Crippen LogP contribution in [0.3, 0.4) is 0 Å². The molecule has 0 fully saturated rings. The summed E-state index contributed by atoms with van der Waals surface area (Å²) in [6, 6.07) is 11.0. The highest BCUT2D eigenvalue weighted by Crippen LogP contribution is 2.22. The van der Waals surface area contributed by atoms with Crippen LogP contribution in [0.2, 0.25) is 5.02 Å². The molecule has 2 aromatic carbocycles. The van der Waals surface area contributed by atoms with Crippen molar-refractivity contribution in [3.8, 4) is 0 Å². The Hall–Kier alpha value is -3.39. The molecule has 2 heterocycles. The molecule has 0 saturated heterocycles. The molecule has 0 aliphatic rings. The summed E-state index contributed by atoms with van der Waals surface area (Å²) in [5, 5.41) is 3.14. The molecule has 0 amide bonds. The van der Waals surface area contributed by atoms with Gasteiger partial charge in [0.1, 0.15) is 11.3 Å². The van der Waals surface area contributed by atoms with Crippen molar-refractivity contribution in [3.05, 3.63) is 75.6 Å². The fraction of sp³-hybridized carbons (Fsp3) is 0.0556. The Kier molecular flexibility index (Phi) is 4.25. The summed E-state index contributed by atoms with van der Waals surface area (Å²) in [6.07, 6.45) is 1.58.